The average Bonchev–Trinajstić information content (AvgIpc) is 3.24. The van der Waals surface area contributed by atoms with Crippen LogP contribution in [-0.4, -0.2) is 60.1 Å². The maximum Gasteiger partial charge on any atom is 0.269 e. The second-order valence-corrected chi connectivity index (χ2v) is 8.95. The van der Waals surface area contributed by atoms with Crippen LogP contribution in [0.15, 0.2) is 36.4 Å². The molecule has 0 bridgehead atoms. The van der Waals surface area contributed by atoms with E-state index in [4.69, 9.17) is 9.72 Å². The Labute approximate surface area is 190 Å². The van der Waals surface area contributed by atoms with Crippen LogP contribution in [0.25, 0.3) is 10.2 Å². The number of aromatic nitrogens is 1. The van der Waals surface area contributed by atoms with Crippen molar-refractivity contribution in [1.82, 2.24) is 9.88 Å². The van der Waals surface area contributed by atoms with Gasteiger partial charge in [-0.1, -0.05) is 35.6 Å². The van der Waals surface area contributed by atoms with Crippen LogP contribution in [-0.2, 0) is 16.0 Å². The van der Waals surface area contributed by atoms with E-state index < -0.39 is 4.92 Å². The number of carbonyl (C=O) groups is 1. The number of non-ortho nitro benzene ring substituents is 1. The number of amides is 1. The standard InChI is InChI=1S/C23H26N4O4S/c1-16-3-4-17(2)22-21(16)24-23(32-22)26(10-9-25-11-13-31-14-12-25)20(28)15-18-5-7-19(8-6-18)27(29)30/h3-8H,9-15H2,1-2H3. The van der Waals surface area contributed by atoms with Crippen molar-refractivity contribution in [3.63, 3.8) is 0 Å². The summed E-state index contributed by atoms with van der Waals surface area (Å²) in [6.45, 7) is 8.47. The molecule has 1 aliphatic heterocycles. The minimum absolute atomic E-state index is 0.0162. The first-order valence-corrected chi connectivity index (χ1v) is 11.4. The molecule has 3 aromatic rings. The van der Waals surface area contributed by atoms with E-state index in [2.05, 4.69) is 24.0 Å². The summed E-state index contributed by atoms with van der Waals surface area (Å²) in [5.74, 6) is -0.0681. The summed E-state index contributed by atoms with van der Waals surface area (Å²) in [6.07, 6.45) is 0.162. The summed E-state index contributed by atoms with van der Waals surface area (Å²) in [5, 5.41) is 11.6. The molecule has 168 valence electrons. The van der Waals surface area contributed by atoms with Crippen molar-refractivity contribution in [2.24, 2.45) is 0 Å². The third-order valence-corrected chi connectivity index (χ3v) is 6.92. The molecular weight excluding hydrogens is 428 g/mol. The van der Waals surface area contributed by atoms with Crippen molar-refractivity contribution >= 4 is 38.3 Å². The van der Waals surface area contributed by atoms with E-state index in [-0.39, 0.29) is 18.0 Å². The maximum absolute atomic E-state index is 13.4. The smallest absolute Gasteiger partial charge is 0.269 e. The van der Waals surface area contributed by atoms with Gasteiger partial charge in [-0.25, -0.2) is 4.98 Å². The lowest BCUT2D eigenvalue weighted by Gasteiger charge is -2.29. The normalized spacial score (nSPS) is 14.6. The molecule has 0 atom stereocenters. The number of anilines is 1. The van der Waals surface area contributed by atoms with Crippen molar-refractivity contribution in [1.29, 1.82) is 0 Å². The first-order chi connectivity index (χ1) is 15.4. The number of morpholine rings is 1. The topological polar surface area (TPSA) is 88.8 Å². The molecule has 2 aromatic carbocycles. The predicted molar refractivity (Wildman–Crippen MR) is 126 cm³/mol. The summed E-state index contributed by atoms with van der Waals surface area (Å²) in [5.41, 5.74) is 3.92. The van der Waals surface area contributed by atoms with E-state index in [0.717, 1.165) is 46.5 Å². The van der Waals surface area contributed by atoms with Gasteiger partial charge in [-0.05, 0) is 30.5 Å². The Morgan fingerprint density at radius 2 is 1.84 bits per heavy atom. The Balaban J connectivity index is 1.59. The molecule has 9 heteroatoms. The Hall–Kier alpha value is -2.88. The van der Waals surface area contributed by atoms with Gasteiger partial charge in [0.2, 0.25) is 5.91 Å². The minimum Gasteiger partial charge on any atom is -0.379 e. The van der Waals surface area contributed by atoms with Crippen molar-refractivity contribution < 1.29 is 14.5 Å². The molecule has 1 saturated heterocycles. The van der Waals surface area contributed by atoms with Crippen LogP contribution >= 0.6 is 11.3 Å². The fourth-order valence-corrected chi connectivity index (χ4v) is 4.92. The zero-order chi connectivity index (χ0) is 22.7. The highest BCUT2D eigenvalue weighted by Gasteiger charge is 2.23. The molecule has 1 fully saturated rings. The van der Waals surface area contributed by atoms with E-state index in [0.29, 0.717) is 24.9 Å². The molecule has 0 N–H and O–H groups in total. The van der Waals surface area contributed by atoms with Gasteiger partial charge in [0.1, 0.15) is 0 Å². The van der Waals surface area contributed by atoms with Crippen molar-refractivity contribution in [3.8, 4) is 0 Å². The van der Waals surface area contributed by atoms with E-state index in [1.807, 2.05) is 6.92 Å². The van der Waals surface area contributed by atoms with Crippen LogP contribution in [0.4, 0.5) is 10.8 Å². The highest BCUT2D eigenvalue weighted by molar-refractivity contribution is 7.22. The Bertz CT molecular complexity index is 1080. The molecule has 1 aliphatic rings. The van der Waals surface area contributed by atoms with Crippen molar-refractivity contribution in [3.05, 3.63) is 63.2 Å². The quantitative estimate of drug-likeness (QED) is 0.399. The highest BCUT2D eigenvalue weighted by atomic mass is 32.1. The molecule has 2 heterocycles. The average molecular weight is 455 g/mol. The van der Waals surface area contributed by atoms with Gasteiger partial charge in [0.15, 0.2) is 5.13 Å². The summed E-state index contributed by atoms with van der Waals surface area (Å²) >= 11 is 1.54. The monoisotopic (exact) mass is 454 g/mol. The van der Waals surface area contributed by atoms with Crippen LogP contribution in [0.3, 0.4) is 0 Å². The Morgan fingerprint density at radius 1 is 1.16 bits per heavy atom. The molecule has 32 heavy (non-hydrogen) atoms. The number of fused-ring (bicyclic) bond motifs is 1. The number of nitro groups is 1. The van der Waals surface area contributed by atoms with Gasteiger partial charge in [-0.2, -0.15) is 0 Å². The third kappa shape index (κ3) is 4.95. The molecule has 0 spiro atoms. The Morgan fingerprint density at radius 3 is 2.50 bits per heavy atom. The largest absolute Gasteiger partial charge is 0.379 e. The number of ether oxygens (including phenoxy) is 1. The first-order valence-electron chi connectivity index (χ1n) is 10.6. The summed E-state index contributed by atoms with van der Waals surface area (Å²) in [4.78, 5) is 32.7. The molecule has 4 rings (SSSR count). The number of rotatable bonds is 7. The van der Waals surface area contributed by atoms with Gasteiger partial charge in [-0.3, -0.25) is 24.7 Å². The molecule has 8 nitrogen and oxygen atoms in total. The summed E-state index contributed by atoms with van der Waals surface area (Å²) < 4.78 is 6.53. The molecule has 1 amide bonds. The van der Waals surface area contributed by atoms with Gasteiger partial charge < -0.3 is 4.74 Å². The molecule has 0 unspecified atom stereocenters. The van der Waals surface area contributed by atoms with Gasteiger partial charge in [-0.15, -0.1) is 0 Å². The zero-order valence-corrected chi connectivity index (χ0v) is 19.1. The molecule has 0 aliphatic carbocycles. The summed E-state index contributed by atoms with van der Waals surface area (Å²) in [7, 11) is 0. The number of benzene rings is 2. The SMILES string of the molecule is Cc1ccc(C)c2sc(N(CCN3CCOCC3)C(=O)Cc3ccc([N+](=O)[O-])cc3)nc12. The molecule has 0 radical (unpaired) electrons. The van der Waals surface area contributed by atoms with Crippen LogP contribution in [0.5, 0.6) is 0 Å². The van der Waals surface area contributed by atoms with Crippen LogP contribution in [0, 0.1) is 24.0 Å². The molecular formula is C23H26N4O4S. The number of aryl methyl sites for hydroxylation is 2. The van der Waals surface area contributed by atoms with E-state index in [9.17, 15) is 14.9 Å². The second-order valence-electron chi connectivity index (χ2n) is 7.97. The number of nitrogens with zero attached hydrogens (tertiary/aromatic N) is 4. The van der Waals surface area contributed by atoms with E-state index in [1.165, 1.54) is 23.5 Å². The fourth-order valence-electron chi connectivity index (χ4n) is 3.76. The number of thiazole rings is 1. The Kier molecular flexibility index (Phi) is 6.78. The zero-order valence-electron chi connectivity index (χ0n) is 18.2. The number of hydrogen-bond acceptors (Lipinski definition) is 7. The van der Waals surface area contributed by atoms with E-state index in [1.54, 1.807) is 17.0 Å². The van der Waals surface area contributed by atoms with Gasteiger partial charge in [0, 0.05) is 38.3 Å². The number of carbonyl (C=O) groups excluding carboxylic acids is 1. The number of hydrogen-bond donors (Lipinski definition) is 0. The van der Waals surface area contributed by atoms with E-state index >= 15 is 0 Å². The third-order valence-electron chi connectivity index (χ3n) is 5.71. The first kappa shape index (κ1) is 22.3. The lowest BCUT2D eigenvalue weighted by molar-refractivity contribution is -0.384. The van der Waals surface area contributed by atoms with Crippen LogP contribution < -0.4 is 4.90 Å². The lowest BCUT2D eigenvalue weighted by Crippen LogP contribution is -2.43. The second kappa shape index (κ2) is 9.72. The minimum atomic E-state index is -0.438. The van der Waals surface area contributed by atoms with Gasteiger partial charge in [0.25, 0.3) is 5.69 Å². The molecule has 0 saturated carbocycles. The van der Waals surface area contributed by atoms with Gasteiger partial charge >= 0.3 is 0 Å². The maximum atomic E-state index is 13.4. The lowest BCUT2D eigenvalue weighted by atomic mass is 10.1. The summed E-state index contributed by atoms with van der Waals surface area (Å²) in [6, 6.07) is 10.3. The van der Waals surface area contributed by atoms with Crippen molar-refractivity contribution in [2.75, 3.05) is 44.3 Å². The van der Waals surface area contributed by atoms with Crippen LogP contribution in [0.2, 0.25) is 0 Å². The van der Waals surface area contributed by atoms with Gasteiger partial charge in [0.05, 0.1) is 34.8 Å². The predicted octanol–water partition coefficient (Wildman–Crippen LogP) is 3.73. The van der Waals surface area contributed by atoms with Crippen molar-refractivity contribution in [2.45, 2.75) is 20.3 Å². The molecule has 1 aromatic heterocycles. The van der Waals surface area contributed by atoms with Crippen LogP contribution in [0.1, 0.15) is 16.7 Å². The fraction of sp³-hybridized carbons (Fsp3) is 0.391. The highest BCUT2D eigenvalue weighted by Crippen LogP contribution is 2.33. The number of nitro benzene ring substituents is 1.